The van der Waals surface area contributed by atoms with E-state index in [9.17, 15) is 0 Å². The van der Waals surface area contributed by atoms with E-state index in [1.165, 1.54) is 5.56 Å². The number of benzene rings is 1. The molecule has 0 spiro atoms. The standard InChI is InChI=1S/C11H16N2/c1-2-10(12)11(13)8-9-6-4-3-5-7-9/h2-7,10-11H,1,8,12-13H2/t10-,11-/m1/s1. The fourth-order valence-electron chi connectivity index (χ4n) is 1.20. The summed E-state index contributed by atoms with van der Waals surface area (Å²) in [6.07, 6.45) is 2.49. The van der Waals surface area contributed by atoms with Crippen LogP contribution in [0.2, 0.25) is 0 Å². The maximum absolute atomic E-state index is 5.86. The first-order valence-electron chi connectivity index (χ1n) is 4.41. The van der Waals surface area contributed by atoms with Gasteiger partial charge in [-0.1, -0.05) is 36.4 Å². The van der Waals surface area contributed by atoms with E-state index in [0.717, 1.165) is 6.42 Å². The van der Waals surface area contributed by atoms with Crippen LogP contribution in [0, 0.1) is 0 Å². The second kappa shape index (κ2) is 4.80. The Morgan fingerprint density at radius 1 is 1.23 bits per heavy atom. The molecule has 0 saturated heterocycles. The van der Waals surface area contributed by atoms with Crippen molar-refractivity contribution in [2.45, 2.75) is 18.5 Å². The van der Waals surface area contributed by atoms with Crippen LogP contribution in [0.5, 0.6) is 0 Å². The maximum atomic E-state index is 5.86. The van der Waals surface area contributed by atoms with Crippen LogP contribution in [-0.2, 0) is 6.42 Å². The molecule has 70 valence electrons. The van der Waals surface area contributed by atoms with Crippen LogP contribution in [0.4, 0.5) is 0 Å². The van der Waals surface area contributed by atoms with Gasteiger partial charge in [0.2, 0.25) is 0 Å². The average molecular weight is 176 g/mol. The largest absolute Gasteiger partial charge is 0.326 e. The molecule has 2 heteroatoms. The van der Waals surface area contributed by atoms with Crippen molar-refractivity contribution < 1.29 is 0 Å². The molecular formula is C11H16N2. The molecule has 0 heterocycles. The molecule has 2 atom stereocenters. The van der Waals surface area contributed by atoms with Crippen molar-refractivity contribution in [2.75, 3.05) is 0 Å². The molecule has 2 nitrogen and oxygen atoms in total. The van der Waals surface area contributed by atoms with E-state index in [0.29, 0.717) is 0 Å². The van der Waals surface area contributed by atoms with E-state index >= 15 is 0 Å². The fraction of sp³-hybridized carbons (Fsp3) is 0.273. The summed E-state index contributed by atoms with van der Waals surface area (Å²) in [7, 11) is 0. The van der Waals surface area contributed by atoms with Gasteiger partial charge in [0.05, 0.1) is 0 Å². The van der Waals surface area contributed by atoms with Gasteiger partial charge in [-0.15, -0.1) is 6.58 Å². The zero-order chi connectivity index (χ0) is 9.68. The number of hydrogen-bond acceptors (Lipinski definition) is 2. The van der Waals surface area contributed by atoms with E-state index in [4.69, 9.17) is 11.5 Å². The normalized spacial score (nSPS) is 14.9. The topological polar surface area (TPSA) is 52.0 Å². The highest BCUT2D eigenvalue weighted by Crippen LogP contribution is 2.03. The zero-order valence-electron chi connectivity index (χ0n) is 7.69. The van der Waals surface area contributed by atoms with E-state index in [1.807, 2.05) is 18.2 Å². The van der Waals surface area contributed by atoms with Gasteiger partial charge in [-0.05, 0) is 12.0 Å². The minimum Gasteiger partial charge on any atom is -0.326 e. The SMILES string of the molecule is C=C[C@@H](N)[C@H](N)Cc1ccccc1. The highest BCUT2D eigenvalue weighted by atomic mass is 14.8. The van der Waals surface area contributed by atoms with Gasteiger partial charge in [-0.3, -0.25) is 0 Å². The Hall–Kier alpha value is -1.12. The molecule has 0 aromatic heterocycles. The summed E-state index contributed by atoms with van der Waals surface area (Å²) in [5.74, 6) is 0. The first-order chi connectivity index (χ1) is 6.24. The summed E-state index contributed by atoms with van der Waals surface area (Å²) in [6.45, 7) is 3.62. The van der Waals surface area contributed by atoms with Crippen molar-refractivity contribution in [3.8, 4) is 0 Å². The lowest BCUT2D eigenvalue weighted by Crippen LogP contribution is -2.41. The summed E-state index contributed by atoms with van der Waals surface area (Å²) in [5.41, 5.74) is 12.8. The molecule has 1 aromatic rings. The van der Waals surface area contributed by atoms with Crippen LogP contribution >= 0.6 is 0 Å². The Morgan fingerprint density at radius 2 is 1.85 bits per heavy atom. The zero-order valence-corrected chi connectivity index (χ0v) is 7.69. The number of rotatable bonds is 4. The van der Waals surface area contributed by atoms with Crippen LogP contribution < -0.4 is 11.5 Å². The van der Waals surface area contributed by atoms with Gasteiger partial charge in [-0.2, -0.15) is 0 Å². The molecule has 0 aliphatic carbocycles. The second-order valence-corrected chi connectivity index (χ2v) is 3.17. The molecule has 1 rings (SSSR count). The van der Waals surface area contributed by atoms with Crippen molar-refractivity contribution in [1.29, 1.82) is 0 Å². The van der Waals surface area contributed by atoms with Crippen molar-refractivity contribution in [3.05, 3.63) is 48.6 Å². The van der Waals surface area contributed by atoms with Gasteiger partial charge in [0.1, 0.15) is 0 Å². The van der Waals surface area contributed by atoms with Crippen molar-refractivity contribution in [1.82, 2.24) is 0 Å². The van der Waals surface area contributed by atoms with Crippen LogP contribution in [0.1, 0.15) is 5.56 Å². The van der Waals surface area contributed by atoms with Crippen LogP contribution in [0.25, 0.3) is 0 Å². The van der Waals surface area contributed by atoms with Crippen LogP contribution in [0.15, 0.2) is 43.0 Å². The maximum Gasteiger partial charge on any atom is 0.0378 e. The minimum absolute atomic E-state index is 0.0418. The van der Waals surface area contributed by atoms with E-state index in [1.54, 1.807) is 6.08 Å². The first kappa shape index (κ1) is 9.96. The second-order valence-electron chi connectivity index (χ2n) is 3.17. The Kier molecular flexibility index (Phi) is 3.68. The highest BCUT2D eigenvalue weighted by Gasteiger charge is 2.09. The molecule has 0 bridgehead atoms. The third-order valence-electron chi connectivity index (χ3n) is 2.08. The van der Waals surface area contributed by atoms with E-state index in [-0.39, 0.29) is 12.1 Å². The summed E-state index contributed by atoms with van der Waals surface area (Å²) in [4.78, 5) is 0. The van der Waals surface area contributed by atoms with Crippen LogP contribution in [0.3, 0.4) is 0 Å². The highest BCUT2D eigenvalue weighted by molar-refractivity contribution is 5.16. The third kappa shape index (κ3) is 3.01. The van der Waals surface area contributed by atoms with Gasteiger partial charge in [0, 0.05) is 12.1 Å². The lowest BCUT2D eigenvalue weighted by molar-refractivity contribution is 0.597. The molecule has 0 fully saturated rings. The summed E-state index contributed by atoms with van der Waals surface area (Å²) in [6, 6.07) is 9.93. The molecule has 4 N–H and O–H groups in total. The number of hydrogen-bond donors (Lipinski definition) is 2. The van der Waals surface area contributed by atoms with Gasteiger partial charge >= 0.3 is 0 Å². The predicted molar refractivity (Wildman–Crippen MR) is 56.3 cm³/mol. The summed E-state index contributed by atoms with van der Waals surface area (Å²) < 4.78 is 0. The van der Waals surface area contributed by atoms with Crippen molar-refractivity contribution >= 4 is 0 Å². The van der Waals surface area contributed by atoms with Gasteiger partial charge in [0.25, 0.3) is 0 Å². The van der Waals surface area contributed by atoms with Gasteiger partial charge in [-0.25, -0.2) is 0 Å². The van der Waals surface area contributed by atoms with Crippen LogP contribution in [-0.4, -0.2) is 12.1 Å². The lowest BCUT2D eigenvalue weighted by atomic mass is 10.0. The predicted octanol–water partition coefficient (Wildman–Crippen LogP) is 1.07. The summed E-state index contributed by atoms with van der Waals surface area (Å²) >= 11 is 0. The Bertz CT molecular complexity index is 256. The first-order valence-corrected chi connectivity index (χ1v) is 4.41. The molecule has 1 aromatic carbocycles. The van der Waals surface area contributed by atoms with E-state index < -0.39 is 0 Å². The minimum atomic E-state index is -0.125. The Balaban J connectivity index is 2.54. The lowest BCUT2D eigenvalue weighted by Gasteiger charge is -2.15. The average Bonchev–Trinajstić information content (AvgIpc) is 2.18. The molecule has 0 saturated carbocycles. The number of nitrogens with two attached hydrogens (primary N) is 2. The molecule has 0 radical (unpaired) electrons. The van der Waals surface area contributed by atoms with Crippen molar-refractivity contribution in [3.63, 3.8) is 0 Å². The molecular weight excluding hydrogens is 160 g/mol. The Morgan fingerprint density at radius 3 is 2.38 bits per heavy atom. The quantitative estimate of drug-likeness (QED) is 0.674. The van der Waals surface area contributed by atoms with Crippen molar-refractivity contribution in [2.24, 2.45) is 11.5 Å². The molecule has 0 amide bonds. The smallest absolute Gasteiger partial charge is 0.0378 e. The Labute approximate surface area is 79.2 Å². The fourth-order valence-corrected chi connectivity index (χ4v) is 1.20. The monoisotopic (exact) mass is 176 g/mol. The molecule has 0 unspecified atom stereocenters. The van der Waals surface area contributed by atoms with Gasteiger partial charge < -0.3 is 11.5 Å². The third-order valence-corrected chi connectivity index (χ3v) is 2.08. The van der Waals surface area contributed by atoms with Gasteiger partial charge in [0.15, 0.2) is 0 Å². The van der Waals surface area contributed by atoms with E-state index in [2.05, 4.69) is 18.7 Å². The summed E-state index contributed by atoms with van der Waals surface area (Å²) in [5, 5.41) is 0. The molecule has 0 aliphatic rings. The molecule has 13 heavy (non-hydrogen) atoms. The molecule has 0 aliphatic heterocycles.